The zero-order valence-corrected chi connectivity index (χ0v) is 22.2. The monoisotopic (exact) mass is 458 g/mol. The Morgan fingerprint density at radius 1 is 0.909 bits per heavy atom. The molecule has 0 saturated heterocycles. The Morgan fingerprint density at radius 3 is 2.24 bits per heavy atom. The van der Waals surface area contributed by atoms with Crippen molar-refractivity contribution in [1.82, 2.24) is 0 Å². The molecule has 10 unspecified atom stereocenters. The third-order valence-electron chi connectivity index (χ3n) is 13.0. The summed E-state index contributed by atoms with van der Waals surface area (Å²) in [5, 5.41) is 31.3. The van der Waals surface area contributed by atoms with Crippen molar-refractivity contribution in [1.29, 1.82) is 0 Å². The van der Waals surface area contributed by atoms with Crippen molar-refractivity contribution in [3.8, 4) is 0 Å². The first-order valence-corrected chi connectivity index (χ1v) is 14.0. The maximum atomic E-state index is 10.9. The molecular weight excluding hydrogens is 408 g/mol. The van der Waals surface area contributed by atoms with Crippen molar-refractivity contribution in [3.63, 3.8) is 0 Å². The van der Waals surface area contributed by atoms with Crippen LogP contribution in [-0.2, 0) is 0 Å². The molecule has 0 bridgehead atoms. The number of rotatable bonds is 5. The summed E-state index contributed by atoms with van der Waals surface area (Å²) in [6, 6.07) is 0. The minimum atomic E-state index is -0.722. The van der Waals surface area contributed by atoms with Gasteiger partial charge in [-0.05, 0) is 123 Å². The van der Waals surface area contributed by atoms with Crippen LogP contribution in [0.15, 0.2) is 12.2 Å². The van der Waals surface area contributed by atoms with Gasteiger partial charge in [0.25, 0.3) is 0 Å². The normalized spacial score (nSPS) is 54.3. The molecule has 5 aliphatic rings. The maximum Gasteiger partial charge on any atom is 0.0771 e. The number of aliphatic hydroxyl groups excluding tert-OH is 2. The Kier molecular flexibility index (Phi) is 5.40. The molecule has 5 rings (SSSR count). The Balaban J connectivity index is 1.40. The second kappa shape index (κ2) is 7.32. The van der Waals surface area contributed by atoms with Gasteiger partial charge < -0.3 is 15.3 Å². The van der Waals surface area contributed by atoms with Gasteiger partial charge in [0, 0.05) is 5.41 Å². The lowest BCUT2D eigenvalue weighted by Crippen LogP contribution is -2.59. The van der Waals surface area contributed by atoms with Crippen molar-refractivity contribution in [3.05, 3.63) is 12.2 Å². The van der Waals surface area contributed by atoms with Gasteiger partial charge in [-0.3, -0.25) is 0 Å². The number of allylic oxidation sites excluding steroid dienone is 1. The lowest BCUT2D eigenvalue weighted by Gasteiger charge is -2.63. The Labute approximate surface area is 202 Å². The van der Waals surface area contributed by atoms with E-state index in [1.807, 2.05) is 19.9 Å². The van der Waals surface area contributed by atoms with E-state index >= 15 is 0 Å². The molecule has 5 aliphatic carbocycles. The van der Waals surface area contributed by atoms with Crippen molar-refractivity contribution in [2.45, 2.75) is 117 Å². The minimum Gasteiger partial charge on any atom is -0.396 e. The van der Waals surface area contributed by atoms with Crippen molar-refractivity contribution >= 4 is 0 Å². The van der Waals surface area contributed by atoms with Gasteiger partial charge in [0.15, 0.2) is 0 Å². The highest BCUT2D eigenvalue weighted by atomic mass is 16.3. The molecule has 188 valence electrons. The zero-order chi connectivity index (χ0) is 24.1. The van der Waals surface area contributed by atoms with Gasteiger partial charge in [-0.1, -0.05) is 39.8 Å². The molecule has 0 aromatic heterocycles. The van der Waals surface area contributed by atoms with E-state index in [9.17, 15) is 15.3 Å². The topological polar surface area (TPSA) is 60.7 Å². The molecule has 0 aromatic carbocycles. The molecule has 0 heterocycles. The minimum absolute atomic E-state index is 0.133. The van der Waals surface area contributed by atoms with E-state index in [1.165, 1.54) is 51.4 Å². The van der Waals surface area contributed by atoms with Crippen LogP contribution in [0.1, 0.15) is 106 Å². The van der Waals surface area contributed by atoms with Crippen LogP contribution in [-0.4, -0.2) is 33.6 Å². The summed E-state index contributed by atoms with van der Waals surface area (Å²) in [6.07, 6.45) is 16.2. The average molecular weight is 459 g/mol. The van der Waals surface area contributed by atoms with Gasteiger partial charge >= 0.3 is 0 Å². The van der Waals surface area contributed by atoms with Crippen LogP contribution in [0.25, 0.3) is 0 Å². The highest BCUT2D eigenvalue weighted by Crippen LogP contribution is 2.89. The molecule has 3 nitrogen and oxygen atoms in total. The maximum absolute atomic E-state index is 10.9. The summed E-state index contributed by atoms with van der Waals surface area (Å²) in [5.41, 5.74) is 0.630. The van der Waals surface area contributed by atoms with Gasteiger partial charge in [0.2, 0.25) is 0 Å². The smallest absolute Gasteiger partial charge is 0.0771 e. The van der Waals surface area contributed by atoms with Gasteiger partial charge in [-0.2, -0.15) is 0 Å². The first kappa shape index (κ1) is 24.3. The van der Waals surface area contributed by atoms with Crippen LogP contribution in [0.2, 0.25) is 0 Å². The van der Waals surface area contributed by atoms with Crippen LogP contribution in [0.5, 0.6) is 0 Å². The summed E-state index contributed by atoms with van der Waals surface area (Å²) in [5.74, 6) is 2.71. The molecular formula is C30H50O3. The molecule has 0 radical (unpaired) electrons. The number of hydrogen-bond acceptors (Lipinski definition) is 3. The average Bonchev–Trinajstić information content (AvgIpc) is 3.32. The molecule has 0 aromatic rings. The lowest BCUT2D eigenvalue weighted by atomic mass is 9.41. The van der Waals surface area contributed by atoms with Crippen molar-refractivity contribution in [2.24, 2.45) is 50.7 Å². The molecule has 10 atom stereocenters. The Bertz CT molecular complexity index is 814. The predicted octanol–water partition coefficient (Wildman–Crippen LogP) is 6.11. The Hall–Kier alpha value is -0.380. The van der Waals surface area contributed by atoms with E-state index < -0.39 is 5.60 Å². The van der Waals surface area contributed by atoms with E-state index in [-0.39, 0.29) is 18.1 Å². The first-order valence-electron chi connectivity index (χ1n) is 14.0. The van der Waals surface area contributed by atoms with E-state index in [1.54, 1.807) is 0 Å². The van der Waals surface area contributed by atoms with Gasteiger partial charge in [0.1, 0.15) is 0 Å². The fourth-order valence-electron chi connectivity index (χ4n) is 11.1. The summed E-state index contributed by atoms with van der Waals surface area (Å²) in [6.45, 7) is 13.8. The van der Waals surface area contributed by atoms with Crippen LogP contribution in [0, 0.1) is 50.7 Å². The molecule has 3 N–H and O–H groups in total. The summed E-state index contributed by atoms with van der Waals surface area (Å²) in [7, 11) is 0. The summed E-state index contributed by atoms with van der Waals surface area (Å²) >= 11 is 0. The van der Waals surface area contributed by atoms with E-state index in [4.69, 9.17) is 0 Å². The standard InChI is InChI=1S/C30H50O3/c1-20(8-7-13-25(2,3)33)21-11-14-28(6)23-10-9-22-26(4,19-31)24(32)12-15-29(22)18-30(23,29)17-16-27(21,28)5/h7,13,20-24,31-33H,8-12,14-19H2,1-6H3. The summed E-state index contributed by atoms with van der Waals surface area (Å²) < 4.78 is 0. The lowest BCUT2D eigenvalue weighted by molar-refractivity contribution is -0.174. The second-order valence-electron chi connectivity index (χ2n) is 14.6. The molecule has 0 amide bonds. The van der Waals surface area contributed by atoms with E-state index in [2.05, 4.69) is 33.8 Å². The Morgan fingerprint density at radius 2 is 1.58 bits per heavy atom. The van der Waals surface area contributed by atoms with E-state index in [0.29, 0.717) is 33.5 Å². The van der Waals surface area contributed by atoms with Crippen LogP contribution in [0.3, 0.4) is 0 Å². The zero-order valence-electron chi connectivity index (χ0n) is 22.2. The van der Waals surface area contributed by atoms with Crippen LogP contribution >= 0.6 is 0 Å². The molecule has 5 saturated carbocycles. The highest BCUT2D eigenvalue weighted by molar-refractivity contribution is 5.30. The third kappa shape index (κ3) is 3.03. The summed E-state index contributed by atoms with van der Waals surface area (Å²) in [4.78, 5) is 0. The quantitative estimate of drug-likeness (QED) is 0.435. The SMILES string of the molecule is CC(CC=CC(C)(C)O)C1CCC2(C)C3CCC4C(C)(CO)C(O)CCC45CC35CCC12C. The predicted molar refractivity (Wildman–Crippen MR) is 134 cm³/mol. The van der Waals surface area contributed by atoms with E-state index in [0.717, 1.165) is 24.7 Å². The molecule has 3 heteroatoms. The van der Waals surface area contributed by atoms with Crippen molar-refractivity contribution < 1.29 is 15.3 Å². The number of fused-ring (bicyclic) bond motifs is 2. The van der Waals surface area contributed by atoms with Crippen LogP contribution < -0.4 is 0 Å². The number of aliphatic hydroxyl groups is 3. The van der Waals surface area contributed by atoms with Crippen molar-refractivity contribution in [2.75, 3.05) is 6.61 Å². The highest BCUT2D eigenvalue weighted by Gasteiger charge is 2.82. The first-order chi connectivity index (χ1) is 15.3. The molecule has 33 heavy (non-hydrogen) atoms. The van der Waals surface area contributed by atoms with Gasteiger partial charge in [-0.25, -0.2) is 0 Å². The third-order valence-corrected chi connectivity index (χ3v) is 13.0. The second-order valence-corrected chi connectivity index (χ2v) is 14.6. The van der Waals surface area contributed by atoms with Gasteiger partial charge in [0.05, 0.1) is 18.3 Å². The van der Waals surface area contributed by atoms with Gasteiger partial charge in [-0.15, -0.1) is 0 Å². The fraction of sp³-hybridized carbons (Fsp3) is 0.933. The molecule has 5 fully saturated rings. The largest absolute Gasteiger partial charge is 0.396 e. The fourth-order valence-corrected chi connectivity index (χ4v) is 11.1. The number of hydrogen-bond donors (Lipinski definition) is 3. The molecule has 0 aliphatic heterocycles. The van der Waals surface area contributed by atoms with Crippen LogP contribution in [0.4, 0.5) is 0 Å². The molecule has 2 spiro atoms.